The molecule has 3 rings (SSSR count). The Kier molecular flexibility index (Phi) is 5.58. The number of rotatable bonds is 4. The topological polar surface area (TPSA) is 75.9 Å². The molecule has 6 heteroatoms. The molecule has 2 fully saturated rings. The number of amides is 2. The fourth-order valence-electron chi connectivity index (χ4n) is 3.77. The van der Waals surface area contributed by atoms with Crippen molar-refractivity contribution < 1.29 is 14.3 Å². The van der Waals surface area contributed by atoms with E-state index in [1.54, 1.807) is 24.1 Å². The molecule has 1 aliphatic heterocycles. The predicted octanol–water partition coefficient (Wildman–Crippen LogP) is 1.50. The van der Waals surface area contributed by atoms with Gasteiger partial charge >= 0.3 is 0 Å². The third-order valence-corrected chi connectivity index (χ3v) is 5.39. The van der Waals surface area contributed by atoms with E-state index in [0.29, 0.717) is 49.8 Å². The van der Waals surface area contributed by atoms with E-state index < -0.39 is 0 Å². The van der Waals surface area contributed by atoms with Crippen molar-refractivity contribution >= 4 is 11.8 Å². The molecule has 0 unspecified atom stereocenters. The highest BCUT2D eigenvalue weighted by atomic mass is 16.5. The van der Waals surface area contributed by atoms with Gasteiger partial charge in [-0.15, -0.1) is 0 Å². The molecule has 2 N–H and O–H groups in total. The standard InChI is InChI=1S/C19H27N3O3/c1-25-16-6-2-5-15(12-16)19(24)22-10-8-21(9-11-22)18(23)13-14-4-3-7-17(14)20/h2,5-6,12,14,17H,3-4,7-11,13,20H2,1H3/t14-,17+/m0/s1. The summed E-state index contributed by atoms with van der Waals surface area (Å²) in [6, 6.07) is 7.35. The lowest BCUT2D eigenvalue weighted by Gasteiger charge is -2.35. The smallest absolute Gasteiger partial charge is 0.254 e. The molecule has 0 aromatic heterocycles. The molecule has 1 saturated carbocycles. The van der Waals surface area contributed by atoms with Crippen LogP contribution in [0.4, 0.5) is 0 Å². The van der Waals surface area contributed by atoms with Crippen LogP contribution in [0.1, 0.15) is 36.0 Å². The van der Waals surface area contributed by atoms with Crippen LogP contribution >= 0.6 is 0 Å². The van der Waals surface area contributed by atoms with Crippen molar-refractivity contribution in [2.24, 2.45) is 11.7 Å². The van der Waals surface area contributed by atoms with Crippen LogP contribution in [-0.4, -0.2) is 60.9 Å². The summed E-state index contributed by atoms with van der Waals surface area (Å²) in [5.74, 6) is 1.16. The van der Waals surface area contributed by atoms with Gasteiger partial charge in [0, 0.05) is 44.2 Å². The number of carbonyl (C=O) groups excluding carboxylic acids is 2. The van der Waals surface area contributed by atoms with E-state index in [0.717, 1.165) is 19.3 Å². The lowest BCUT2D eigenvalue weighted by molar-refractivity contribution is -0.133. The van der Waals surface area contributed by atoms with Gasteiger partial charge in [0.15, 0.2) is 0 Å². The Morgan fingerprint density at radius 2 is 1.88 bits per heavy atom. The van der Waals surface area contributed by atoms with Crippen LogP contribution in [0, 0.1) is 5.92 Å². The Labute approximate surface area is 148 Å². The maximum absolute atomic E-state index is 12.6. The number of carbonyl (C=O) groups is 2. The second-order valence-electron chi connectivity index (χ2n) is 6.96. The van der Waals surface area contributed by atoms with Gasteiger partial charge in [-0.05, 0) is 37.0 Å². The van der Waals surface area contributed by atoms with Gasteiger partial charge < -0.3 is 20.3 Å². The second kappa shape index (κ2) is 7.87. The van der Waals surface area contributed by atoms with E-state index in [2.05, 4.69) is 0 Å². The zero-order valence-electron chi connectivity index (χ0n) is 14.8. The summed E-state index contributed by atoms with van der Waals surface area (Å²) in [5, 5.41) is 0. The molecule has 1 aliphatic carbocycles. The van der Waals surface area contributed by atoms with E-state index in [4.69, 9.17) is 10.5 Å². The lowest BCUT2D eigenvalue weighted by Crippen LogP contribution is -2.51. The van der Waals surface area contributed by atoms with Crippen molar-refractivity contribution in [2.75, 3.05) is 33.3 Å². The molecule has 2 aliphatic rings. The summed E-state index contributed by atoms with van der Waals surface area (Å²) in [5.41, 5.74) is 6.69. The van der Waals surface area contributed by atoms with E-state index >= 15 is 0 Å². The number of hydrogen-bond acceptors (Lipinski definition) is 4. The molecule has 1 aromatic rings. The number of hydrogen-bond donors (Lipinski definition) is 1. The summed E-state index contributed by atoms with van der Waals surface area (Å²) >= 11 is 0. The van der Waals surface area contributed by atoms with Crippen LogP contribution in [0.5, 0.6) is 5.75 Å². The van der Waals surface area contributed by atoms with Crippen LogP contribution in [0.25, 0.3) is 0 Å². The summed E-state index contributed by atoms with van der Waals surface area (Å²) in [6.45, 7) is 2.32. The first-order valence-electron chi connectivity index (χ1n) is 9.05. The normalized spacial score (nSPS) is 23.6. The van der Waals surface area contributed by atoms with E-state index in [1.165, 1.54) is 0 Å². The molecule has 1 aromatic carbocycles. The molecule has 0 radical (unpaired) electrons. The number of piperazine rings is 1. The van der Waals surface area contributed by atoms with Crippen LogP contribution in [0.2, 0.25) is 0 Å². The fourth-order valence-corrected chi connectivity index (χ4v) is 3.77. The quantitative estimate of drug-likeness (QED) is 0.897. The summed E-state index contributed by atoms with van der Waals surface area (Å²) in [7, 11) is 1.59. The number of methoxy groups -OCH3 is 1. The number of nitrogens with two attached hydrogens (primary N) is 1. The van der Waals surface area contributed by atoms with Gasteiger partial charge in [0.2, 0.25) is 5.91 Å². The maximum Gasteiger partial charge on any atom is 0.254 e. The average molecular weight is 345 g/mol. The Bertz CT molecular complexity index is 626. The Morgan fingerprint density at radius 3 is 2.52 bits per heavy atom. The van der Waals surface area contributed by atoms with Gasteiger partial charge in [0.1, 0.15) is 5.75 Å². The van der Waals surface area contributed by atoms with E-state index in [9.17, 15) is 9.59 Å². The third kappa shape index (κ3) is 4.12. The molecule has 0 spiro atoms. The molecule has 6 nitrogen and oxygen atoms in total. The second-order valence-corrected chi connectivity index (χ2v) is 6.96. The minimum Gasteiger partial charge on any atom is -0.497 e. The van der Waals surface area contributed by atoms with Gasteiger partial charge in [-0.1, -0.05) is 12.5 Å². The number of ether oxygens (including phenoxy) is 1. The van der Waals surface area contributed by atoms with Crippen LogP contribution < -0.4 is 10.5 Å². The Morgan fingerprint density at radius 1 is 1.16 bits per heavy atom. The molecule has 1 heterocycles. The zero-order valence-corrected chi connectivity index (χ0v) is 14.8. The molecule has 1 saturated heterocycles. The van der Waals surface area contributed by atoms with Gasteiger partial charge in [-0.3, -0.25) is 9.59 Å². The van der Waals surface area contributed by atoms with Crippen LogP contribution in [-0.2, 0) is 4.79 Å². The van der Waals surface area contributed by atoms with Crippen LogP contribution in [0.15, 0.2) is 24.3 Å². The first kappa shape index (κ1) is 17.7. The monoisotopic (exact) mass is 345 g/mol. The highest BCUT2D eigenvalue weighted by molar-refractivity contribution is 5.94. The number of benzene rings is 1. The van der Waals surface area contributed by atoms with Gasteiger partial charge in [0.25, 0.3) is 5.91 Å². The maximum atomic E-state index is 12.6. The molecule has 0 bridgehead atoms. The van der Waals surface area contributed by atoms with E-state index in [1.807, 2.05) is 17.0 Å². The molecular formula is C19H27N3O3. The molecule has 25 heavy (non-hydrogen) atoms. The minimum absolute atomic E-state index is 0.0104. The van der Waals surface area contributed by atoms with Crippen LogP contribution in [0.3, 0.4) is 0 Å². The highest BCUT2D eigenvalue weighted by Gasteiger charge is 2.30. The summed E-state index contributed by atoms with van der Waals surface area (Å²) in [6.07, 6.45) is 3.76. The largest absolute Gasteiger partial charge is 0.497 e. The first-order chi connectivity index (χ1) is 12.1. The SMILES string of the molecule is COc1cccc(C(=O)N2CCN(C(=O)C[C@@H]3CCC[C@H]3N)CC2)c1. The van der Waals surface area contributed by atoms with Gasteiger partial charge in [0.05, 0.1) is 7.11 Å². The van der Waals surface area contributed by atoms with Crippen molar-refractivity contribution in [1.29, 1.82) is 0 Å². The predicted molar refractivity (Wildman–Crippen MR) is 95.4 cm³/mol. The van der Waals surface area contributed by atoms with Gasteiger partial charge in [-0.25, -0.2) is 0 Å². The molecular weight excluding hydrogens is 318 g/mol. The minimum atomic E-state index is -0.0104. The fraction of sp³-hybridized carbons (Fsp3) is 0.579. The van der Waals surface area contributed by atoms with Crippen molar-refractivity contribution in [2.45, 2.75) is 31.7 Å². The third-order valence-electron chi connectivity index (χ3n) is 5.39. The number of nitrogens with zero attached hydrogens (tertiary/aromatic N) is 2. The lowest BCUT2D eigenvalue weighted by atomic mass is 9.99. The summed E-state index contributed by atoms with van der Waals surface area (Å²) < 4.78 is 5.18. The molecule has 2 atom stereocenters. The molecule has 136 valence electrons. The van der Waals surface area contributed by atoms with Crippen molar-refractivity contribution in [1.82, 2.24) is 9.80 Å². The van der Waals surface area contributed by atoms with Crippen molar-refractivity contribution in [3.05, 3.63) is 29.8 Å². The van der Waals surface area contributed by atoms with Crippen molar-refractivity contribution in [3.63, 3.8) is 0 Å². The first-order valence-corrected chi connectivity index (χ1v) is 9.05. The van der Waals surface area contributed by atoms with Crippen molar-refractivity contribution in [3.8, 4) is 5.75 Å². The Balaban J connectivity index is 1.52. The zero-order chi connectivity index (χ0) is 17.8. The molecule has 2 amide bonds. The summed E-state index contributed by atoms with van der Waals surface area (Å²) in [4.78, 5) is 28.8. The Hall–Kier alpha value is -2.08. The highest BCUT2D eigenvalue weighted by Crippen LogP contribution is 2.27. The van der Waals surface area contributed by atoms with Gasteiger partial charge in [-0.2, -0.15) is 0 Å². The average Bonchev–Trinajstić information content (AvgIpc) is 3.06. The van der Waals surface area contributed by atoms with E-state index in [-0.39, 0.29) is 17.9 Å².